The first-order valence-corrected chi connectivity index (χ1v) is 8.58. The molecule has 0 fully saturated rings. The summed E-state index contributed by atoms with van der Waals surface area (Å²) in [4.78, 5) is 13.2. The van der Waals surface area contributed by atoms with Crippen molar-refractivity contribution in [3.8, 4) is 5.75 Å². The highest BCUT2D eigenvalue weighted by atomic mass is 32.2. The number of aromatic hydroxyl groups is 1. The Labute approximate surface area is 152 Å². The van der Waals surface area contributed by atoms with Crippen LogP contribution in [0.25, 0.3) is 10.9 Å². The van der Waals surface area contributed by atoms with Crippen LogP contribution in [0.5, 0.6) is 5.75 Å². The fraction of sp³-hybridized carbons (Fsp3) is 0.0556. The van der Waals surface area contributed by atoms with Gasteiger partial charge in [-0.25, -0.2) is 19.3 Å². The number of fused-ring (bicyclic) bond motifs is 1. The molecule has 4 aromatic rings. The van der Waals surface area contributed by atoms with Gasteiger partial charge in [0.25, 0.3) is 0 Å². The van der Waals surface area contributed by atoms with Gasteiger partial charge < -0.3 is 15.0 Å². The molecule has 0 saturated carbocycles. The van der Waals surface area contributed by atoms with E-state index in [1.807, 2.05) is 17.8 Å². The Bertz CT molecular complexity index is 1100. The summed E-state index contributed by atoms with van der Waals surface area (Å²) in [5.74, 6) is 0.158. The zero-order valence-corrected chi connectivity index (χ0v) is 14.5. The van der Waals surface area contributed by atoms with Crippen LogP contribution in [0.3, 0.4) is 0 Å². The van der Waals surface area contributed by atoms with Crippen molar-refractivity contribution in [2.45, 2.75) is 10.1 Å². The molecule has 6 nitrogen and oxygen atoms in total. The third kappa shape index (κ3) is 3.31. The van der Waals surface area contributed by atoms with Gasteiger partial charge in [0.1, 0.15) is 11.6 Å². The summed E-state index contributed by atoms with van der Waals surface area (Å²) in [7, 11) is 1.86. The van der Waals surface area contributed by atoms with E-state index in [2.05, 4.69) is 20.3 Å². The lowest BCUT2D eigenvalue weighted by molar-refractivity contribution is 0.476. The molecule has 0 amide bonds. The first kappa shape index (κ1) is 16.3. The van der Waals surface area contributed by atoms with Gasteiger partial charge in [0, 0.05) is 36.7 Å². The fourth-order valence-corrected chi connectivity index (χ4v) is 3.23. The molecule has 0 unspecified atom stereocenters. The fourth-order valence-electron chi connectivity index (χ4n) is 2.42. The molecule has 0 atom stereocenters. The number of phenols is 1. The van der Waals surface area contributed by atoms with Crippen LogP contribution in [-0.4, -0.2) is 24.6 Å². The molecule has 2 heterocycles. The van der Waals surface area contributed by atoms with E-state index in [-0.39, 0.29) is 11.6 Å². The number of benzene rings is 2. The number of anilines is 2. The minimum atomic E-state index is -0.353. The van der Waals surface area contributed by atoms with E-state index in [4.69, 9.17) is 0 Å². The van der Waals surface area contributed by atoms with Gasteiger partial charge in [0.15, 0.2) is 5.16 Å². The lowest BCUT2D eigenvalue weighted by Gasteiger charge is -2.08. The van der Waals surface area contributed by atoms with E-state index in [1.54, 1.807) is 42.7 Å². The van der Waals surface area contributed by atoms with E-state index in [0.717, 1.165) is 5.39 Å². The van der Waals surface area contributed by atoms with Crippen molar-refractivity contribution < 1.29 is 9.50 Å². The Morgan fingerprint density at radius 3 is 2.81 bits per heavy atom. The minimum Gasteiger partial charge on any atom is -0.508 e. The lowest BCUT2D eigenvalue weighted by Crippen LogP contribution is -1.98. The van der Waals surface area contributed by atoms with Crippen molar-refractivity contribution in [2.75, 3.05) is 5.32 Å². The topological polar surface area (TPSA) is 75.9 Å². The van der Waals surface area contributed by atoms with Crippen LogP contribution in [0.15, 0.2) is 65.0 Å². The van der Waals surface area contributed by atoms with Crippen molar-refractivity contribution in [1.82, 2.24) is 19.5 Å². The number of aromatic nitrogens is 4. The molecule has 0 bridgehead atoms. The van der Waals surface area contributed by atoms with Crippen LogP contribution in [-0.2, 0) is 7.05 Å². The molecule has 2 aromatic heterocycles. The number of hydrogen-bond donors (Lipinski definition) is 2. The number of aryl methyl sites for hydroxylation is 1. The Balaban J connectivity index is 1.56. The van der Waals surface area contributed by atoms with Gasteiger partial charge in [0.05, 0.1) is 10.4 Å². The van der Waals surface area contributed by atoms with Crippen molar-refractivity contribution in [1.29, 1.82) is 0 Å². The van der Waals surface area contributed by atoms with E-state index >= 15 is 0 Å². The first-order chi connectivity index (χ1) is 12.6. The monoisotopic (exact) mass is 367 g/mol. The second kappa shape index (κ2) is 6.64. The molecule has 0 aliphatic rings. The average molecular weight is 367 g/mol. The van der Waals surface area contributed by atoms with Gasteiger partial charge in [-0.1, -0.05) is 0 Å². The second-order valence-corrected chi connectivity index (χ2v) is 6.64. The zero-order chi connectivity index (χ0) is 18.1. The summed E-state index contributed by atoms with van der Waals surface area (Å²) < 4.78 is 16.2. The molecule has 2 N–H and O–H groups in total. The van der Waals surface area contributed by atoms with Crippen LogP contribution in [0.4, 0.5) is 16.0 Å². The number of rotatable bonds is 4. The molecule has 26 heavy (non-hydrogen) atoms. The molecule has 0 radical (unpaired) electrons. The third-order valence-electron chi connectivity index (χ3n) is 3.73. The molecule has 0 aliphatic carbocycles. The third-order valence-corrected chi connectivity index (χ3v) is 4.86. The van der Waals surface area contributed by atoms with Gasteiger partial charge in [-0.15, -0.1) is 0 Å². The Morgan fingerprint density at radius 1 is 1.15 bits per heavy atom. The molecule has 130 valence electrons. The lowest BCUT2D eigenvalue weighted by atomic mass is 10.2. The Morgan fingerprint density at radius 2 is 2.04 bits per heavy atom. The van der Waals surface area contributed by atoms with Crippen LogP contribution >= 0.6 is 11.8 Å². The highest BCUT2D eigenvalue weighted by Crippen LogP contribution is 2.30. The number of nitrogens with one attached hydrogen (secondary N) is 1. The summed E-state index contributed by atoms with van der Waals surface area (Å²) in [6.07, 6.45) is 5.09. The summed E-state index contributed by atoms with van der Waals surface area (Å²) in [6, 6.07) is 9.69. The number of phenolic OH excluding ortho intramolecular Hbond substituents is 1. The average Bonchev–Trinajstić information content (AvgIpc) is 3.02. The van der Waals surface area contributed by atoms with Gasteiger partial charge in [-0.05, 0) is 48.2 Å². The van der Waals surface area contributed by atoms with Gasteiger partial charge in [-0.2, -0.15) is 0 Å². The Hall–Kier alpha value is -3.13. The number of imidazole rings is 1. The molecule has 0 saturated heterocycles. The van der Waals surface area contributed by atoms with E-state index < -0.39 is 0 Å². The number of halogens is 1. The maximum absolute atomic E-state index is 14.4. The Kier molecular flexibility index (Phi) is 4.18. The van der Waals surface area contributed by atoms with Crippen LogP contribution in [0.1, 0.15) is 0 Å². The molecule has 8 heteroatoms. The maximum atomic E-state index is 14.4. The summed E-state index contributed by atoms with van der Waals surface area (Å²) >= 11 is 1.26. The predicted molar refractivity (Wildman–Crippen MR) is 98.2 cm³/mol. The summed E-state index contributed by atoms with van der Waals surface area (Å²) in [5.41, 5.74) is 1.23. The van der Waals surface area contributed by atoms with Crippen LogP contribution < -0.4 is 5.32 Å². The molecule has 2 aromatic carbocycles. The highest BCUT2D eigenvalue weighted by molar-refractivity contribution is 7.99. The number of nitrogens with zero attached hydrogens (tertiary/aromatic N) is 4. The van der Waals surface area contributed by atoms with Gasteiger partial charge in [0.2, 0.25) is 5.95 Å². The smallest absolute Gasteiger partial charge is 0.227 e. The van der Waals surface area contributed by atoms with Crippen molar-refractivity contribution in [3.05, 3.63) is 60.8 Å². The van der Waals surface area contributed by atoms with Crippen molar-refractivity contribution in [2.24, 2.45) is 7.05 Å². The largest absolute Gasteiger partial charge is 0.508 e. The molecular weight excluding hydrogens is 353 g/mol. The van der Waals surface area contributed by atoms with Crippen molar-refractivity contribution >= 4 is 34.3 Å². The molecule has 0 spiro atoms. The first-order valence-electron chi connectivity index (χ1n) is 7.76. The maximum Gasteiger partial charge on any atom is 0.227 e. The molecule has 0 aliphatic heterocycles. The van der Waals surface area contributed by atoms with E-state index in [0.29, 0.717) is 27.2 Å². The van der Waals surface area contributed by atoms with Crippen LogP contribution in [0, 0.1) is 5.82 Å². The predicted octanol–water partition coefficient (Wildman–Crippen LogP) is 4.10. The zero-order valence-electron chi connectivity index (χ0n) is 13.7. The van der Waals surface area contributed by atoms with Gasteiger partial charge >= 0.3 is 0 Å². The highest BCUT2D eigenvalue weighted by Gasteiger charge is 2.09. The molecule has 4 rings (SSSR count). The normalized spacial score (nSPS) is 11.0. The van der Waals surface area contributed by atoms with Crippen molar-refractivity contribution in [3.63, 3.8) is 0 Å². The van der Waals surface area contributed by atoms with E-state index in [1.165, 1.54) is 17.8 Å². The van der Waals surface area contributed by atoms with E-state index in [9.17, 15) is 9.50 Å². The van der Waals surface area contributed by atoms with Crippen LogP contribution in [0.2, 0.25) is 0 Å². The molecular formula is C18H14FN5OS. The summed E-state index contributed by atoms with van der Waals surface area (Å²) in [6.45, 7) is 0. The summed E-state index contributed by atoms with van der Waals surface area (Å²) in [5, 5.41) is 13.9. The SMILES string of the molecule is Cn1ccnc1Sc1ccc(Nc2ncc3cc(O)ccc3n2)cc1F. The quantitative estimate of drug-likeness (QED) is 0.565. The standard InChI is InChI=1S/C18H14FN5OS/c1-24-7-6-20-18(24)26-16-5-2-12(9-14(16)19)22-17-21-10-11-8-13(25)3-4-15(11)23-17/h2-10,25H,1H3,(H,21,22,23). The minimum absolute atomic E-state index is 0.157. The number of hydrogen-bond acceptors (Lipinski definition) is 6. The van der Waals surface area contributed by atoms with Gasteiger partial charge in [-0.3, -0.25) is 0 Å². The second-order valence-electron chi connectivity index (χ2n) is 5.63.